The fourth-order valence-electron chi connectivity index (χ4n) is 3.42. The van der Waals surface area contributed by atoms with Crippen molar-refractivity contribution in [1.82, 2.24) is 0 Å². The Bertz CT molecular complexity index is 807. The monoisotopic (exact) mass is 428 g/mol. The molecule has 6 heteroatoms. The molecule has 0 amide bonds. The maximum absolute atomic E-state index is 12.8. The molecule has 0 radical (unpaired) electrons. The van der Waals surface area contributed by atoms with Crippen LogP contribution in [0.4, 0.5) is 0 Å². The zero-order valence-electron chi connectivity index (χ0n) is 18.8. The predicted molar refractivity (Wildman–Crippen MR) is 117 cm³/mol. The average Bonchev–Trinajstić information content (AvgIpc) is 2.79. The second-order valence-electron chi connectivity index (χ2n) is 7.44. The summed E-state index contributed by atoms with van der Waals surface area (Å²) in [5.74, 6) is -1.17. The number of hydrogen-bond donors (Lipinski definition) is 0. The van der Waals surface area contributed by atoms with Gasteiger partial charge in [-0.15, -0.1) is 0 Å². The molecule has 0 N–H and O–H groups in total. The van der Waals surface area contributed by atoms with E-state index in [1.165, 1.54) is 14.2 Å². The zero-order valence-corrected chi connectivity index (χ0v) is 18.8. The van der Waals surface area contributed by atoms with E-state index in [2.05, 4.69) is 0 Å². The molecule has 0 saturated carbocycles. The van der Waals surface area contributed by atoms with Crippen molar-refractivity contribution in [2.75, 3.05) is 14.2 Å². The second-order valence-corrected chi connectivity index (χ2v) is 7.44. The van der Waals surface area contributed by atoms with Crippen LogP contribution in [0.5, 0.6) is 0 Å². The number of esters is 2. The standard InChI is InChI=1S/C25H32O6/c1-6-21(31-25(27)23(29-5)20-15-11-8-12-16-20)17(2)18(3)30-24(26)22(28-4)19-13-9-7-10-14-19/h7-18,21-23H,6H2,1-5H3/t17-,18+,21+,22-,23-/m1/s1. The van der Waals surface area contributed by atoms with Gasteiger partial charge in [0.15, 0.2) is 12.2 Å². The molecule has 0 fully saturated rings. The van der Waals surface area contributed by atoms with Crippen molar-refractivity contribution in [1.29, 1.82) is 0 Å². The normalized spacial score (nSPS) is 15.9. The van der Waals surface area contributed by atoms with Crippen molar-refractivity contribution in [3.63, 3.8) is 0 Å². The van der Waals surface area contributed by atoms with E-state index >= 15 is 0 Å². The topological polar surface area (TPSA) is 71.1 Å². The molecule has 0 spiro atoms. The number of rotatable bonds is 11. The molecule has 2 rings (SSSR count). The Hall–Kier alpha value is -2.70. The highest BCUT2D eigenvalue weighted by molar-refractivity contribution is 5.77. The second kappa shape index (κ2) is 12.2. The lowest BCUT2D eigenvalue weighted by Crippen LogP contribution is -2.36. The number of benzene rings is 2. The first kappa shape index (κ1) is 24.6. The summed E-state index contributed by atoms with van der Waals surface area (Å²) in [7, 11) is 2.94. The molecule has 2 aromatic carbocycles. The summed E-state index contributed by atoms with van der Waals surface area (Å²) in [5.41, 5.74) is 1.45. The van der Waals surface area contributed by atoms with Gasteiger partial charge in [-0.1, -0.05) is 74.5 Å². The summed E-state index contributed by atoms with van der Waals surface area (Å²) in [5, 5.41) is 0. The summed E-state index contributed by atoms with van der Waals surface area (Å²) in [6, 6.07) is 18.4. The molecule has 6 nitrogen and oxygen atoms in total. The van der Waals surface area contributed by atoms with Gasteiger partial charge in [-0.25, -0.2) is 9.59 Å². The van der Waals surface area contributed by atoms with Crippen LogP contribution in [0.1, 0.15) is 50.5 Å². The van der Waals surface area contributed by atoms with Crippen LogP contribution in [0, 0.1) is 5.92 Å². The van der Waals surface area contributed by atoms with Crippen molar-refractivity contribution in [2.45, 2.75) is 51.6 Å². The summed E-state index contributed by atoms with van der Waals surface area (Å²) in [6.07, 6.45) is -1.96. The fourth-order valence-corrected chi connectivity index (χ4v) is 3.42. The van der Waals surface area contributed by atoms with Crippen LogP contribution >= 0.6 is 0 Å². The minimum Gasteiger partial charge on any atom is -0.460 e. The average molecular weight is 429 g/mol. The van der Waals surface area contributed by atoms with Gasteiger partial charge in [-0.3, -0.25) is 0 Å². The highest BCUT2D eigenvalue weighted by Gasteiger charge is 2.32. The third-order valence-corrected chi connectivity index (χ3v) is 5.40. The number of carbonyl (C=O) groups is 2. The van der Waals surface area contributed by atoms with Gasteiger partial charge in [0.25, 0.3) is 0 Å². The van der Waals surface area contributed by atoms with E-state index in [0.717, 1.165) is 11.1 Å². The molecule has 0 aromatic heterocycles. The Labute approximate surface area is 184 Å². The Morgan fingerprint density at radius 1 is 0.742 bits per heavy atom. The zero-order chi connectivity index (χ0) is 22.8. The Kier molecular flexibility index (Phi) is 9.69. The van der Waals surface area contributed by atoms with E-state index in [4.69, 9.17) is 18.9 Å². The molecular weight excluding hydrogens is 396 g/mol. The lowest BCUT2D eigenvalue weighted by Gasteiger charge is -2.30. The first-order chi connectivity index (χ1) is 14.9. The van der Waals surface area contributed by atoms with Gasteiger partial charge >= 0.3 is 11.9 Å². The Balaban J connectivity index is 2.02. The highest BCUT2D eigenvalue weighted by Crippen LogP contribution is 2.25. The van der Waals surface area contributed by atoms with Crippen LogP contribution in [0.25, 0.3) is 0 Å². The van der Waals surface area contributed by atoms with Crippen LogP contribution in [0.3, 0.4) is 0 Å². The SMILES string of the molecule is CC[C@H](OC(=O)[C@H](OC)c1ccccc1)[C@H](C)[C@H](C)OC(=O)[C@H](OC)c1ccccc1. The molecule has 168 valence electrons. The van der Waals surface area contributed by atoms with E-state index in [1.54, 1.807) is 6.92 Å². The largest absolute Gasteiger partial charge is 0.460 e. The first-order valence-electron chi connectivity index (χ1n) is 10.5. The minimum atomic E-state index is -0.811. The van der Waals surface area contributed by atoms with Crippen molar-refractivity contribution >= 4 is 11.9 Å². The number of carbonyl (C=O) groups excluding carboxylic acids is 2. The smallest absolute Gasteiger partial charge is 0.340 e. The Morgan fingerprint density at radius 3 is 1.55 bits per heavy atom. The number of ether oxygens (including phenoxy) is 4. The van der Waals surface area contributed by atoms with E-state index in [1.807, 2.05) is 74.5 Å². The molecule has 0 unspecified atom stereocenters. The third-order valence-electron chi connectivity index (χ3n) is 5.40. The van der Waals surface area contributed by atoms with Gasteiger partial charge in [0.1, 0.15) is 12.2 Å². The number of methoxy groups -OCH3 is 2. The predicted octanol–water partition coefficient (Wildman–Crippen LogP) is 4.65. The molecule has 0 aliphatic heterocycles. The fraction of sp³-hybridized carbons (Fsp3) is 0.440. The van der Waals surface area contributed by atoms with Gasteiger partial charge in [0, 0.05) is 20.1 Å². The van der Waals surface area contributed by atoms with E-state index < -0.39 is 36.4 Å². The van der Waals surface area contributed by atoms with E-state index in [-0.39, 0.29) is 5.92 Å². The van der Waals surface area contributed by atoms with Gasteiger partial charge in [0.2, 0.25) is 0 Å². The molecule has 31 heavy (non-hydrogen) atoms. The van der Waals surface area contributed by atoms with Crippen molar-refractivity contribution in [2.24, 2.45) is 5.92 Å². The molecule has 0 bridgehead atoms. The van der Waals surface area contributed by atoms with Crippen LogP contribution in [-0.2, 0) is 28.5 Å². The third kappa shape index (κ3) is 6.64. The summed E-state index contributed by atoms with van der Waals surface area (Å²) < 4.78 is 22.1. The Morgan fingerprint density at radius 2 is 1.16 bits per heavy atom. The van der Waals surface area contributed by atoms with Gasteiger partial charge in [-0.2, -0.15) is 0 Å². The summed E-state index contributed by atoms with van der Waals surface area (Å²) in [6.45, 7) is 5.62. The van der Waals surface area contributed by atoms with Crippen LogP contribution in [-0.4, -0.2) is 38.4 Å². The molecule has 0 heterocycles. The van der Waals surface area contributed by atoms with Crippen LogP contribution in [0.2, 0.25) is 0 Å². The van der Waals surface area contributed by atoms with Crippen molar-refractivity contribution in [3.05, 3.63) is 71.8 Å². The van der Waals surface area contributed by atoms with E-state index in [0.29, 0.717) is 6.42 Å². The van der Waals surface area contributed by atoms with Crippen molar-refractivity contribution in [3.8, 4) is 0 Å². The molecule has 0 aliphatic carbocycles. The maximum Gasteiger partial charge on any atom is 0.340 e. The van der Waals surface area contributed by atoms with E-state index in [9.17, 15) is 9.59 Å². The number of hydrogen-bond acceptors (Lipinski definition) is 6. The quantitative estimate of drug-likeness (QED) is 0.485. The molecule has 2 aromatic rings. The van der Waals surface area contributed by atoms with Gasteiger partial charge in [0.05, 0.1) is 0 Å². The van der Waals surface area contributed by atoms with Crippen LogP contribution < -0.4 is 0 Å². The summed E-state index contributed by atoms with van der Waals surface area (Å²) in [4.78, 5) is 25.4. The van der Waals surface area contributed by atoms with Gasteiger partial charge in [-0.05, 0) is 24.5 Å². The first-order valence-corrected chi connectivity index (χ1v) is 10.5. The molecule has 0 saturated heterocycles. The summed E-state index contributed by atoms with van der Waals surface area (Å²) >= 11 is 0. The molecular formula is C25H32O6. The minimum absolute atomic E-state index is 0.223. The highest BCUT2D eigenvalue weighted by atomic mass is 16.6. The maximum atomic E-state index is 12.8. The lowest BCUT2D eigenvalue weighted by atomic mass is 9.96. The molecule has 0 aliphatic rings. The van der Waals surface area contributed by atoms with Gasteiger partial charge < -0.3 is 18.9 Å². The van der Waals surface area contributed by atoms with Crippen molar-refractivity contribution < 1.29 is 28.5 Å². The lowest BCUT2D eigenvalue weighted by molar-refractivity contribution is -0.172. The van der Waals surface area contributed by atoms with Crippen LogP contribution in [0.15, 0.2) is 60.7 Å². The molecule has 5 atom stereocenters.